The van der Waals surface area contributed by atoms with Crippen molar-refractivity contribution in [3.8, 4) is 23.6 Å². The van der Waals surface area contributed by atoms with Crippen molar-refractivity contribution >= 4 is 5.84 Å². The molecule has 2 fully saturated rings. The first-order valence-electron chi connectivity index (χ1n) is 7.75. The molecule has 8 heteroatoms. The molecular formula is C17H16N4O4. The van der Waals surface area contributed by atoms with Gasteiger partial charge in [-0.3, -0.25) is 0 Å². The maximum Gasteiger partial charge on any atom is 0.293 e. The predicted molar refractivity (Wildman–Crippen MR) is 84.6 cm³/mol. The van der Waals surface area contributed by atoms with Crippen LogP contribution in [0.5, 0.6) is 11.5 Å². The van der Waals surface area contributed by atoms with Gasteiger partial charge in [-0.05, 0) is 18.2 Å². The van der Waals surface area contributed by atoms with E-state index in [0.717, 1.165) is 0 Å². The first-order valence-corrected chi connectivity index (χ1v) is 7.75. The summed E-state index contributed by atoms with van der Waals surface area (Å²) in [4.78, 5) is 4.24. The standard InChI is InChI=1S/C17H16N4O4/c1-22-10-3-4-12(23-2)11(7-10)13-15(8-18)14(20)21-17(16(13,15)9-19)24-5-6-25-17/h3-4,7,13H,5-6H2,1-2H3,(H2,20,21)/t13-,15-,16-/m1/s1. The average Bonchev–Trinajstić information content (AvgIpc) is 2.88. The van der Waals surface area contributed by atoms with E-state index in [1.807, 2.05) is 0 Å². The van der Waals surface area contributed by atoms with Gasteiger partial charge in [0.1, 0.15) is 22.7 Å². The number of nitrogens with two attached hydrogens (primary N) is 1. The zero-order valence-corrected chi connectivity index (χ0v) is 13.8. The predicted octanol–water partition coefficient (Wildman–Crippen LogP) is 0.892. The highest BCUT2D eigenvalue weighted by atomic mass is 16.8. The number of ether oxygens (including phenoxy) is 4. The lowest BCUT2D eigenvalue weighted by Gasteiger charge is -2.26. The van der Waals surface area contributed by atoms with Crippen molar-refractivity contribution < 1.29 is 18.9 Å². The van der Waals surface area contributed by atoms with Gasteiger partial charge in [-0.1, -0.05) is 0 Å². The molecule has 1 aromatic rings. The number of hydrogen-bond acceptors (Lipinski definition) is 8. The molecule has 0 aromatic heterocycles. The van der Waals surface area contributed by atoms with Crippen LogP contribution in [0.2, 0.25) is 0 Å². The van der Waals surface area contributed by atoms with Gasteiger partial charge in [-0.15, -0.1) is 0 Å². The summed E-state index contributed by atoms with van der Waals surface area (Å²) in [6.07, 6.45) is 0. The van der Waals surface area contributed by atoms with Crippen LogP contribution in [0.15, 0.2) is 23.2 Å². The van der Waals surface area contributed by atoms with E-state index in [4.69, 9.17) is 24.7 Å². The Labute approximate surface area is 144 Å². The van der Waals surface area contributed by atoms with Gasteiger partial charge in [0, 0.05) is 11.5 Å². The summed E-state index contributed by atoms with van der Waals surface area (Å²) < 4.78 is 22.1. The third kappa shape index (κ3) is 1.50. The van der Waals surface area contributed by atoms with E-state index in [1.165, 1.54) is 7.11 Å². The van der Waals surface area contributed by atoms with E-state index < -0.39 is 22.7 Å². The summed E-state index contributed by atoms with van der Waals surface area (Å²) in [6, 6.07) is 9.67. The van der Waals surface area contributed by atoms with Crippen LogP contribution < -0.4 is 15.2 Å². The summed E-state index contributed by atoms with van der Waals surface area (Å²) >= 11 is 0. The van der Waals surface area contributed by atoms with Crippen LogP contribution in [0.4, 0.5) is 0 Å². The van der Waals surface area contributed by atoms with Gasteiger partial charge in [-0.25, -0.2) is 4.99 Å². The molecule has 3 aliphatic rings. The van der Waals surface area contributed by atoms with E-state index in [9.17, 15) is 10.5 Å². The fourth-order valence-corrected chi connectivity index (χ4v) is 4.25. The molecule has 2 N–H and O–H groups in total. The van der Waals surface area contributed by atoms with Crippen molar-refractivity contribution in [2.45, 2.75) is 11.8 Å². The second-order valence-electron chi connectivity index (χ2n) is 6.16. The lowest BCUT2D eigenvalue weighted by molar-refractivity contribution is -0.184. The molecule has 8 nitrogen and oxygen atoms in total. The molecular weight excluding hydrogens is 324 g/mol. The number of nitrogens with zero attached hydrogens (tertiary/aromatic N) is 3. The van der Waals surface area contributed by atoms with Crippen molar-refractivity contribution in [1.82, 2.24) is 0 Å². The quantitative estimate of drug-likeness (QED) is 0.866. The van der Waals surface area contributed by atoms with Gasteiger partial charge >= 0.3 is 0 Å². The molecule has 0 bridgehead atoms. The summed E-state index contributed by atoms with van der Waals surface area (Å²) in [5, 5.41) is 20.0. The number of fused-ring (bicyclic) bond motifs is 2. The van der Waals surface area contributed by atoms with Gasteiger partial charge < -0.3 is 24.7 Å². The molecule has 1 saturated carbocycles. The number of nitriles is 2. The minimum atomic E-state index is -1.56. The molecule has 128 valence electrons. The van der Waals surface area contributed by atoms with Crippen molar-refractivity contribution in [1.29, 1.82) is 10.5 Å². The van der Waals surface area contributed by atoms with E-state index in [2.05, 4.69) is 17.1 Å². The maximum atomic E-state index is 10.1. The highest BCUT2D eigenvalue weighted by molar-refractivity contribution is 6.00. The van der Waals surface area contributed by atoms with E-state index >= 15 is 0 Å². The van der Waals surface area contributed by atoms with Crippen LogP contribution in [0.3, 0.4) is 0 Å². The molecule has 0 amide bonds. The van der Waals surface area contributed by atoms with Gasteiger partial charge in [0.15, 0.2) is 5.41 Å². The third-order valence-electron chi connectivity index (χ3n) is 5.35. The van der Waals surface area contributed by atoms with Crippen LogP contribution in [0.25, 0.3) is 0 Å². The molecule has 4 rings (SSSR count). The van der Waals surface area contributed by atoms with Crippen molar-refractivity contribution in [2.75, 3.05) is 27.4 Å². The Bertz CT molecular complexity index is 864. The van der Waals surface area contributed by atoms with Crippen LogP contribution >= 0.6 is 0 Å². The summed E-state index contributed by atoms with van der Waals surface area (Å²) in [7, 11) is 3.07. The number of aliphatic imine (C=N–C) groups is 1. The number of methoxy groups -OCH3 is 2. The van der Waals surface area contributed by atoms with Gasteiger partial charge in [0.25, 0.3) is 5.91 Å². The smallest absolute Gasteiger partial charge is 0.293 e. The Morgan fingerprint density at radius 3 is 2.48 bits per heavy atom. The SMILES string of the molecule is COc1ccc(OC)c([C@@H]2[C@]3(C#N)C(N)=NC4(OCCO4)[C@]23C#N)c1. The van der Waals surface area contributed by atoms with Crippen LogP contribution in [0.1, 0.15) is 11.5 Å². The lowest BCUT2D eigenvalue weighted by atomic mass is 9.93. The molecule has 0 radical (unpaired) electrons. The normalized spacial score (nSPS) is 33.9. The molecule has 1 aliphatic carbocycles. The summed E-state index contributed by atoms with van der Waals surface area (Å²) in [5.41, 5.74) is 4.06. The van der Waals surface area contributed by atoms with Gasteiger partial charge in [0.05, 0.1) is 39.6 Å². The molecule has 1 aromatic carbocycles. The maximum absolute atomic E-state index is 10.1. The lowest BCUT2D eigenvalue weighted by Crippen LogP contribution is -2.38. The second kappa shape index (κ2) is 4.85. The van der Waals surface area contributed by atoms with E-state index in [1.54, 1.807) is 25.3 Å². The van der Waals surface area contributed by atoms with Crippen molar-refractivity contribution in [2.24, 2.45) is 21.6 Å². The molecule has 0 unspecified atom stereocenters. The number of hydrogen-bond donors (Lipinski definition) is 1. The average molecular weight is 340 g/mol. The highest BCUT2D eigenvalue weighted by Gasteiger charge is 2.94. The zero-order chi connectivity index (χ0) is 17.9. The Balaban J connectivity index is 1.95. The molecule has 2 heterocycles. The number of amidine groups is 1. The van der Waals surface area contributed by atoms with Crippen molar-refractivity contribution in [3.63, 3.8) is 0 Å². The second-order valence-corrected chi connectivity index (χ2v) is 6.16. The van der Waals surface area contributed by atoms with Crippen LogP contribution in [0, 0.1) is 33.5 Å². The summed E-state index contributed by atoms with van der Waals surface area (Å²) in [5.74, 6) is -0.991. The molecule has 2 aliphatic heterocycles. The Hall–Kier alpha value is -2.81. The van der Waals surface area contributed by atoms with Crippen LogP contribution in [-0.2, 0) is 9.47 Å². The minimum Gasteiger partial charge on any atom is -0.497 e. The zero-order valence-electron chi connectivity index (χ0n) is 13.8. The number of rotatable bonds is 3. The Morgan fingerprint density at radius 1 is 1.20 bits per heavy atom. The van der Waals surface area contributed by atoms with Crippen molar-refractivity contribution in [3.05, 3.63) is 23.8 Å². The first kappa shape index (κ1) is 15.7. The monoisotopic (exact) mass is 340 g/mol. The first-order chi connectivity index (χ1) is 12.1. The fraction of sp³-hybridized carbons (Fsp3) is 0.471. The van der Waals surface area contributed by atoms with E-state index in [-0.39, 0.29) is 19.0 Å². The third-order valence-corrected chi connectivity index (χ3v) is 5.35. The molecule has 3 atom stereocenters. The molecule has 1 spiro atoms. The Kier molecular flexibility index (Phi) is 3.05. The fourth-order valence-electron chi connectivity index (χ4n) is 4.25. The number of benzene rings is 1. The largest absolute Gasteiger partial charge is 0.497 e. The summed E-state index contributed by atoms with van der Waals surface area (Å²) in [6.45, 7) is 0.563. The van der Waals surface area contributed by atoms with Gasteiger partial charge in [0.2, 0.25) is 0 Å². The van der Waals surface area contributed by atoms with Gasteiger partial charge in [-0.2, -0.15) is 10.5 Å². The Morgan fingerprint density at radius 2 is 1.92 bits per heavy atom. The topological polar surface area (TPSA) is 123 Å². The highest BCUT2D eigenvalue weighted by Crippen LogP contribution is 2.83. The molecule has 25 heavy (non-hydrogen) atoms. The molecule has 1 saturated heterocycles. The van der Waals surface area contributed by atoms with E-state index in [0.29, 0.717) is 17.1 Å². The minimum absolute atomic E-state index is 0.0494. The van der Waals surface area contributed by atoms with Crippen LogP contribution in [-0.4, -0.2) is 39.2 Å².